The van der Waals surface area contributed by atoms with E-state index < -0.39 is 11.7 Å². The number of ether oxygens (including phenoxy) is 1. The van der Waals surface area contributed by atoms with Gasteiger partial charge in [0.15, 0.2) is 5.89 Å². The molecule has 3 nitrogen and oxygen atoms in total. The zero-order chi connectivity index (χ0) is 13.2. The van der Waals surface area contributed by atoms with Gasteiger partial charge in [0, 0.05) is 6.92 Å². The summed E-state index contributed by atoms with van der Waals surface area (Å²) in [4.78, 5) is 3.94. The number of benzene rings is 1. The number of aromatic nitrogens is 1. The van der Waals surface area contributed by atoms with Gasteiger partial charge in [-0.25, -0.2) is 4.98 Å². The lowest BCUT2D eigenvalue weighted by atomic mass is 10.2. The Labute approximate surface area is 101 Å². The third-order valence-corrected chi connectivity index (χ3v) is 2.23. The Kier molecular flexibility index (Phi) is 3.27. The molecular weight excluding hydrogens is 247 g/mol. The van der Waals surface area contributed by atoms with Crippen LogP contribution in [-0.2, 0) is 12.8 Å². The molecule has 0 N–H and O–H groups in total. The maximum atomic E-state index is 12.7. The smallest absolute Gasteiger partial charge is 0.419 e. The molecule has 0 radical (unpaired) electrons. The molecule has 6 heteroatoms. The van der Waals surface area contributed by atoms with Gasteiger partial charge in [0.05, 0.1) is 5.56 Å². The molecule has 1 heterocycles. The van der Waals surface area contributed by atoms with E-state index in [0.717, 1.165) is 6.07 Å². The molecule has 2 aromatic rings. The lowest BCUT2D eigenvalue weighted by molar-refractivity contribution is -0.139. The topological polar surface area (TPSA) is 35.3 Å². The van der Waals surface area contributed by atoms with Crippen LogP contribution in [0.2, 0.25) is 0 Å². The summed E-state index contributed by atoms with van der Waals surface area (Å²) in [6.07, 6.45) is -3.08. The highest BCUT2D eigenvalue weighted by Crippen LogP contribution is 2.36. The van der Waals surface area contributed by atoms with Gasteiger partial charge in [-0.2, -0.15) is 13.2 Å². The Morgan fingerprint density at radius 3 is 2.61 bits per heavy atom. The lowest BCUT2D eigenvalue weighted by Gasteiger charge is -2.12. The van der Waals surface area contributed by atoms with Crippen molar-refractivity contribution >= 4 is 0 Å². The minimum atomic E-state index is -4.43. The Morgan fingerprint density at radius 2 is 2.00 bits per heavy atom. The molecule has 0 saturated carbocycles. The Hall–Kier alpha value is -1.98. The van der Waals surface area contributed by atoms with Gasteiger partial charge in [-0.15, -0.1) is 0 Å². The van der Waals surface area contributed by atoms with Crippen molar-refractivity contribution in [3.8, 4) is 5.75 Å². The van der Waals surface area contributed by atoms with Gasteiger partial charge in [0.1, 0.15) is 24.3 Å². The number of rotatable bonds is 3. The minimum absolute atomic E-state index is 0.0650. The van der Waals surface area contributed by atoms with E-state index in [1.54, 1.807) is 6.92 Å². The molecule has 0 saturated heterocycles. The quantitative estimate of drug-likeness (QED) is 0.843. The normalized spacial score (nSPS) is 11.6. The van der Waals surface area contributed by atoms with E-state index in [9.17, 15) is 13.2 Å². The molecule has 0 fully saturated rings. The molecule has 18 heavy (non-hydrogen) atoms. The van der Waals surface area contributed by atoms with E-state index in [2.05, 4.69) is 4.98 Å². The van der Waals surface area contributed by atoms with Crippen LogP contribution in [0.4, 0.5) is 13.2 Å². The first-order valence-electron chi connectivity index (χ1n) is 5.17. The molecule has 0 unspecified atom stereocenters. The largest absolute Gasteiger partial charge is 0.487 e. The third-order valence-electron chi connectivity index (χ3n) is 2.23. The Balaban J connectivity index is 2.14. The van der Waals surface area contributed by atoms with Gasteiger partial charge in [0.2, 0.25) is 0 Å². The fourth-order valence-electron chi connectivity index (χ4n) is 1.45. The molecule has 0 atom stereocenters. The number of nitrogens with zero attached hydrogens (tertiary/aromatic N) is 1. The van der Waals surface area contributed by atoms with Crippen molar-refractivity contribution in [1.29, 1.82) is 0 Å². The summed E-state index contributed by atoms with van der Waals surface area (Å²) in [5.74, 6) is 0.225. The van der Waals surface area contributed by atoms with Crippen LogP contribution >= 0.6 is 0 Å². The SMILES string of the molecule is Cc1nc(COc2ccccc2C(F)(F)F)co1. The molecule has 96 valence electrons. The second-order valence-corrected chi connectivity index (χ2v) is 3.64. The van der Waals surface area contributed by atoms with Crippen LogP contribution in [-0.4, -0.2) is 4.98 Å². The Morgan fingerprint density at radius 1 is 1.28 bits per heavy atom. The molecule has 1 aromatic heterocycles. The monoisotopic (exact) mass is 257 g/mol. The van der Waals surface area contributed by atoms with Gasteiger partial charge in [-0.1, -0.05) is 12.1 Å². The maximum Gasteiger partial charge on any atom is 0.419 e. The summed E-state index contributed by atoms with van der Waals surface area (Å²) in [5.41, 5.74) is -0.352. The molecule has 1 aromatic carbocycles. The van der Waals surface area contributed by atoms with Crippen LogP contribution in [0.15, 0.2) is 34.9 Å². The maximum absolute atomic E-state index is 12.7. The average Bonchev–Trinajstić information content (AvgIpc) is 2.72. The third kappa shape index (κ3) is 2.82. The predicted octanol–water partition coefficient (Wildman–Crippen LogP) is 3.58. The van der Waals surface area contributed by atoms with Gasteiger partial charge in [0.25, 0.3) is 0 Å². The summed E-state index contributed by atoms with van der Waals surface area (Å²) in [7, 11) is 0. The first-order chi connectivity index (χ1) is 8.47. The first-order valence-corrected chi connectivity index (χ1v) is 5.17. The van der Waals surface area contributed by atoms with Gasteiger partial charge in [-0.05, 0) is 12.1 Å². The van der Waals surface area contributed by atoms with Crippen molar-refractivity contribution in [3.05, 3.63) is 47.7 Å². The highest BCUT2D eigenvalue weighted by molar-refractivity contribution is 5.35. The van der Waals surface area contributed by atoms with Crippen LogP contribution in [0, 0.1) is 6.92 Å². The molecular formula is C12H10F3NO2. The summed E-state index contributed by atoms with van der Waals surface area (Å²) in [6.45, 7) is 1.58. The van der Waals surface area contributed by atoms with Crippen molar-refractivity contribution in [2.24, 2.45) is 0 Å². The minimum Gasteiger partial charge on any atom is -0.487 e. The molecule has 0 amide bonds. The number of para-hydroxylation sites is 1. The standard InChI is InChI=1S/C12H10F3NO2/c1-8-16-9(6-17-8)7-18-11-5-3-2-4-10(11)12(13,14)15/h2-6H,7H2,1H3. The van der Waals surface area contributed by atoms with Crippen LogP contribution in [0.5, 0.6) is 5.75 Å². The summed E-state index contributed by atoms with van der Waals surface area (Å²) in [6, 6.07) is 5.05. The molecule has 0 aliphatic carbocycles. The summed E-state index contributed by atoms with van der Waals surface area (Å²) >= 11 is 0. The van der Waals surface area contributed by atoms with Gasteiger partial charge in [-0.3, -0.25) is 0 Å². The number of hydrogen-bond donors (Lipinski definition) is 0. The van der Waals surface area contributed by atoms with Crippen LogP contribution in [0.25, 0.3) is 0 Å². The Bertz CT molecular complexity index is 534. The number of aryl methyl sites for hydroxylation is 1. The molecule has 0 bridgehead atoms. The molecule has 0 aliphatic heterocycles. The second-order valence-electron chi connectivity index (χ2n) is 3.64. The number of halogens is 3. The van der Waals surface area contributed by atoms with E-state index in [1.165, 1.54) is 24.5 Å². The second kappa shape index (κ2) is 4.72. The number of alkyl halides is 3. The van der Waals surface area contributed by atoms with E-state index in [4.69, 9.17) is 9.15 Å². The highest BCUT2D eigenvalue weighted by Gasteiger charge is 2.34. The van der Waals surface area contributed by atoms with Crippen molar-refractivity contribution in [2.45, 2.75) is 19.7 Å². The van der Waals surface area contributed by atoms with Crippen molar-refractivity contribution in [3.63, 3.8) is 0 Å². The molecule has 0 spiro atoms. The average molecular weight is 257 g/mol. The fraction of sp³-hybridized carbons (Fsp3) is 0.250. The van der Waals surface area contributed by atoms with E-state index >= 15 is 0 Å². The highest BCUT2D eigenvalue weighted by atomic mass is 19.4. The summed E-state index contributed by atoms with van der Waals surface area (Å²) in [5, 5.41) is 0. The molecule has 0 aliphatic rings. The van der Waals surface area contributed by atoms with Crippen molar-refractivity contribution in [2.75, 3.05) is 0 Å². The first kappa shape index (κ1) is 12.5. The van der Waals surface area contributed by atoms with Crippen LogP contribution in [0.3, 0.4) is 0 Å². The zero-order valence-corrected chi connectivity index (χ0v) is 9.49. The van der Waals surface area contributed by atoms with Crippen LogP contribution in [0.1, 0.15) is 17.1 Å². The zero-order valence-electron chi connectivity index (χ0n) is 9.49. The van der Waals surface area contributed by atoms with Gasteiger partial charge >= 0.3 is 6.18 Å². The molecule has 2 rings (SSSR count). The number of oxazole rings is 1. The predicted molar refractivity (Wildman–Crippen MR) is 57.0 cm³/mol. The van der Waals surface area contributed by atoms with Crippen molar-refractivity contribution in [1.82, 2.24) is 4.98 Å². The number of hydrogen-bond acceptors (Lipinski definition) is 3. The van der Waals surface area contributed by atoms with Gasteiger partial charge < -0.3 is 9.15 Å². The lowest BCUT2D eigenvalue weighted by Crippen LogP contribution is -2.08. The van der Waals surface area contributed by atoms with Crippen molar-refractivity contribution < 1.29 is 22.3 Å². The van der Waals surface area contributed by atoms with E-state index in [1.807, 2.05) is 0 Å². The van der Waals surface area contributed by atoms with Crippen LogP contribution < -0.4 is 4.74 Å². The van der Waals surface area contributed by atoms with E-state index in [0.29, 0.717) is 11.6 Å². The summed E-state index contributed by atoms with van der Waals surface area (Å²) < 4.78 is 48.1. The van der Waals surface area contributed by atoms with E-state index in [-0.39, 0.29) is 12.4 Å². The fourth-order valence-corrected chi connectivity index (χ4v) is 1.45.